The third kappa shape index (κ3) is 1.83. The maximum absolute atomic E-state index is 4.57. The van der Waals surface area contributed by atoms with E-state index in [1.54, 1.807) is 0 Å². The highest BCUT2D eigenvalue weighted by Crippen LogP contribution is 2.43. The molecule has 0 saturated carbocycles. The molecule has 6 aromatic rings. The largest absolute Gasteiger partial charge is 0.354 e. The SMILES string of the molecule is c1ccc(-c2cccc3c2sc2ccc4c5ccccc5[nH]c4c23)nc1. The van der Waals surface area contributed by atoms with E-state index in [0.717, 1.165) is 5.69 Å². The molecule has 6 rings (SSSR count). The van der Waals surface area contributed by atoms with E-state index < -0.39 is 0 Å². The van der Waals surface area contributed by atoms with Crippen LogP contribution in [0.2, 0.25) is 0 Å². The van der Waals surface area contributed by atoms with E-state index in [9.17, 15) is 0 Å². The fourth-order valence-electron chi connectivity index (χ4n) is 3.93. The number of hydrogen-bond donors (Lipinski definition) is 1. The predicted octanol–water partition coefficient (Wildman–Crippen LogP) is 6.75. The van der Waals surface area contributed by atoms with Crippen molar-refractivity contribution in [1.82, 2.24) is 9.97 Å². The Labute approximate surface area is 153 Å². The van der Waals surface area contributed by atoms with Crippen molar-refractivity contribution >= 4 is 53.3 Å². The van der Waals surface area contributed by atoms with Crippen LogP contribution in [-0.2, 0) is 0 Å². The van der Waals surface area contributed by atoms with Crippen LogP contribution in [0.1, 0.15) is 0 Å². The Morgan fingerprint density at radius 1 is 0.731 bits per heavy atom. The summed E-state index contributed by atoms with van der Waals surface area (Å²) in [4.78, 5) is 8.21. The van der Waals surface area contributed by atoms with Gasteiger partial charge in [-0.1, -0.05) is 48.5 Å². The molecule has 122 valence electrons. The van der Waals surface area contributed by atoms with Crippen LogP contribution in [0.5, 0.6) is 0 Å². The molecule has 0 aliphatic carbocycles. The van der Waals surface area contributed by atoms with Crippen LogP contribution < -0.4 is 0 Å². The molecule has 3 aromatic heterocycles. The lowest BCUT2D eigenvalue weighted by Crippen LogP contribution is -1.81. The maximum atomic E-state index is 4.57. The molecular formula is C23H14N2S. The van der Waals surface area contributed by atoms with Gasteiger partial charge in [0, 0.05) is 48.2 Å². The van der Waals surface area contributed by atoms with Crippen LogP contribution in [0.25, 0.3) is 53.2 Å². The fourth-order valence-corrected chi connectivity index (χ4v) is 5.16. The summed E-state index contributed by atoms with van der Waals surface area (Å²) in [6.45, 7) is 0. The Bertz CT molecular complexity index is 1420. The molecule has 0 unspecified atom stereocenters. The predicted molar refractivity (Wildman–Crippen MR) is 112 cm³/mol. The van der Waals surface area contributed by atoms with Crippen molar-refractivity contribution in [3.05, 3.63) is 79.0 Å². The number of pyridine rings is 1. The smallest absolute Gasteiger partial charge is 0.0716 e. The molecule has 0 aliphatic heterocycles. The average Bonchev–Trinajstić information content (AvgIpc) is 3.26. The van der Waals surface area contributed by atoms with E-state index in [0.29, 0.717) is 0 Å². The Hall–Kier alpha value is -3.17. The van der Waals surface area contributed by atoms with Gasteiger partial charge in [-0.3, -0.25) is 4.98 Å². The topological polar surface area (TPSA) is 28.7 Å². The van der Waals surface area contributed by atoms with Gasteiger partial charge in [0.25, 0.3) is 0 Å². The molecular weight excluding hydrogens is 336 g/mol. The summed E-state index contributed by atoms with van der Waals surface area (Å²) in [5.74, 6) is 0. The van der Waals surface area contributed by atoms with Crippen molar-refractivity contribution in [3.8, 4) is 11.3 Å². The first-order valence-corrected chi connectivity index (χ1v) is 9.48. The van der Waals surface area contributed by atoms with Crippen molar-refractivity contribution in [1.29, 1.82) is 0 Å². The highest BCUT2D eigenvalue weighted by Gasteiger charge is 2.15. The highest BCUT2D eigenvalue weighted by molar-refractivity contribution is 7.26. The van der Waals surface area contributed by atoms with Crippen molar-refractivity contribution in [3.63, 3.8) is 0 Å². The quantitative estimate of drug-likeness (QED) is 0.349. The number of rotatable bonds is 1. The van der Waals surface area contributed by atoms with E-state index in [1.807, 2.05) is 29.7 Å². The number of aromatic amines is 1. The molecule has 0 bridgehead atoms. The minimum Gasteiger partial charge on any atom is -0.354 e. The maximum Gasteiger partial charge on any atom is 0.0716 e. The van der Waals surface area contributed by atoms with Gasteiger partial charge in [-0.25, -0.2) is 0 Å². The second-order valence-corrected chi connectivity index (χ2v) is 7.58. The van der Waals surface area contributed by atoms with Gasteiger partial charge in [-0.15, -0.1) is 11.3 Å². The summed E-state index contributed by atoms with van der Waals surface area (Å²) in [7, 11) is 0. The molecule has 0 radical (unpaired) electrons. The number of thiophene rings is 1. The first-order chi connectivity index (χ1) is 12.9. The van der Waals surface area contributed by atoms with E-state index >= 15 is 0 Å². The normalized spacial score (nSPS) is 11.8. The molecule has 3 heteroatoms. The zero-order valence-corrected chi connectivity index (χ0v) is 14.7. The van der Waals surface area contributed by atoms with Crippen LogP contribution >= 0.6 is 11.3 Å². The summed E-state index contributed by atoms with van der Waals surface area (Å²) in [5.41, 5.74) is 4.65. The van der Waals surface area contributed by atoms with Gasteiger partial charge in [0.2, 0.25) is 0 Å². The van der Waals surface area contributed by atoms with Gasteiger partial charge < -0.3 is 4.98 Å². The lowest BCUT2D eigenvalue weighted by Gasteiger charge is -2.02. The fraction of sp³-hybridized carbons (Fsp3) is 0. The lowest BCUT2D eigenvalue weighted by molar-refractivity contribution is 1.33. The van der Waals surface area contributed by atoms with Crippen molar-refractivity contribution in [2.24, 2.45) is 0 Å². The Balaban J connectivity index is 1.80. The van der Waals surface area contributed by atoms with E-state index in [4.69, 9.17) is 0 Å². The molecule has 3 heterocycles. The monoisotopic (exact) mass is 350 g/mol. The minimum atomic E-state index is 1.03. The molecule has 1 N–H and O–H groups in total. The number of H-pyrrole nitrogens is 1. The Morgan fingerprint density at radius 3 is 2.54 bits per heavy atom. The summed E-state index contributed by atoms with van der Waals surface area (Å²) in [6.07, 6.45) is 1.86. The number of hydrogen-bond acceptors (Lipinski definition) is 2. The van der Waals surface area contributed by atoms with Crippen LogP contribution in [0.3, 0.4) is 0 Å². The van der Waals surface area contributed by atoms with E-state index in [1.165, 1.54) is 47.5 Å². The van der Waals surface area contributed by atoms with E-state index in [-0.39, 0.29) is 0 Å². The highest BCUT2D eigenvalue weighted by atomic mass is 32.1. The number of aromatic nitrogens is 2. The molecule has 0 fully saturated rings. The second kappa shape index (κ2) is 5.16. The summed E-state index contributed by atoms with van der Waals surface area (Å²) < 4.78 is 2.61. The van der Waals surface area contributed by atoms with Gasteiger partial charge >= 0.3 is 0 Å². The number of nitrogens with zero attached hydrogens (tertiary/aromatic N) is 1. The lowest BCUT2D eigenvalue weighted by atomic mass is 10.0. The first kappa shape index (κ1) is 14.0. The number of fused-ring (bicyclic) bond motifs is 7. The number of nitrogens with one attached hydrogen (secondary N) is 1. The Kier molecular flexibility index (Phi) is 2.79. The summed E-state index contributed by atoms with van der Waals surface area (Å²) in [5, 5.41) is 5.18. The second-order valence-electron chi connectivity index (χ2n) is 6.53. The van der Waals surface area contributed by atoms with Crippen LogP contribution in [0, 0.1) is 0 Å². The molecule has 0 amide bonds. The van der Waals surface area contributed by atoms with Crippen molar-refractivity contribution < 1.29 is 0 Å². The standard InChI is InChI=1S/C23H14N2S/c1-2-10-19-14(6-1)15-11-12-20-21(22(15)25-19)17-8-5-7-16(23(17)26-20)18-9-3-4-13-24-18/h1-13,25H. The van der Waals surface area contributed by atoms with Crippen LogP contribution in [0.15, 0.2) is 79.0 Å². The first-order valence-electron chi connectivity index (χ1n) is 8.66. The Morgan fingerprint density at radius 2 is 1.62 bits per heavy atom. The average molecular weight is 350 g/mol. The molecule has 0 atom stereocenters. The molecule has 3 aromatic carbocycles. The van der Waals surface area contributed by atoms with Crippen molar-refractivity contribution in [2.45, 2.75) is 0 Å². The van der Waals surface area contributed by atoms with Crippen LogP contribution in [-0.4, -0.2) is 9.97 Å². The molecule has 26 heavy (non-hydrogen) atoms. The molecule has 0 saturated heterocycles. The van der Waals surface area contributed by atoms with E-state index in [2.05, 4.69) is 70.6 Å². The third-order valence-electron chi connectivity index (χ3n) is 5.08. The molecule has 0 aliphatic rings. The number of para-hydroxylation sites is 1. The zero-order valence-electron chi connectivity index (χ0n) is 13.9. The van der Waals surface area contributed by atoms with Crippen LogP contribution in [0.4, 0.5) is 0 Å². The van der Waals surface area contributed by atoms with Gasteiger partial charge in [0.1, 0.15) is 0 Å². The van der Waals surface area contributed by atoms with Gasteiger partial charge in [0.15, 0.2) is 0 Å². The minimum absolute atomic E-state index is 1.03. The number of benzene rings is 3. The van der Waals surface area contributed by atoms with Gasteiger partial charge in [0.05, 0.1) is 11.2 Å². The zero-order chi connectivity index (χ0) is 17.1. The van der Waals surface area contributed by atoms with Crippen molar-refractivity contribution in [2.75, 3.05) is 0 Å². The third-order valence-corrected chi connectivity index (χ3v) is 6.29. The van der Waals surface area contributed by atoms with Gasteiger partial charge in [-0.05, 0) is 24.3 Å². The summed E-state index contributed by atoms with van der Waals surface area (Å²) in [6, 6.07) is 25.6. The van der Waals surface area contributed by atoms with Gasteiger partial charge in [-0.2, -0.15) is 0 Å². The molecule has 0 spiro atoms. The summed E-state index contributed by atoms with van der Waals surface area (Å²) >= 11 is 1.85. The molecule has 2 nitrogen and oxygen atoms in total.